The zero-order valence-electron chi connectivity index (χ0n) is 15.0. The van der Waals surface area contributed by atoms with Gasteiger partial charge in [0.1, 0.15) is 5.69 Å². The molecular formula is C18H29N5O2. The molecule has 1 saturated heterocycles. The smallest absolute Gasteiger partial charge is 0.269 e. The number of piperidine rings is 1. The van der Waals surface area contributed by atoms with E-state index in [0.717, 1.165) is 44.5 Å². The predicted molar refractivity (Wildman–Crippen MR) is 95.1 cm³/mol. The second-order valence-electron chi connectivity index (χ2n) is 7.43. The lowest BCUT2D eigenvalue weighted by Gasteiger charge is -2.36. The number of aromatic nitrogens is 2. The Morgan fingerprint density at radius 3 is 2.72 bits per heavy atom. The van der Waals surface area contributed by atoms with Gasteiger partial charge in [0.05, 0.1) is 6.04 Å². The fraction of sp³-hybridized carbons (Fsp3) is 0.722. The van der Waals surface area contributed by atoms with Gasteiger partial charge in [0.25, 0.3) is 5.91 Å². The van der Waals surface area contributed by atoms with Crippen molar-refractivity contribution in [2.75, 3.05) is 13.1 Å². The Kier molecular flexibility index (Phi) is 5.73. The van der Waals surface area contributed by atoms with Gasteiger partial charge in [-0.15, -0.1) is 0 Å². The number of carbonyl (C=O) groups is 2. The number of aromatic amines is 1. The quantitative estimate of drug-likeness (QED) is 0.751. The van der Waals surface area contributed by atoms with E-state index in [4.69, 9.17) is 5.73 Å². The molecule has 2 fully saturated rings. The summed E-state index contributed by atoms with van der Waals surface area (Å²) in [7, 11) is 0. The van der Waals surface area contributed by atoms with E-state index in [0.29, 0.717) is 6.04 Å². The first kappa shape index (κ1) is 17.9. The summed E-state index contributed by atoms with van der Waals surface area (Å²) in [6.07, 6.45) is 7.97. The number of primary amides is 1. The van der Waals surface area contributed by atoms with Crippen LogP contribution in [0.25, 0.3) is 0 Å². The third-order valence-electron chi connectivity index (χ3n) is 5.62. The summed E-state index contributed by atoms with van der Waals surface area (Å²) < 4.78 is 0. The molecule has 1 saturated carbocycles. The number of H-pyrrole nitrogens is 1. The maximum absolute atomic E-state index is 12.6. The molecule has 25 heavy (non-hydrogen) atoms. The monoisotopic (exact) mass is 347 g/mol. The molecule has 0 bridgehead atoms. The maximum atomic E-state index is 12.6. The number of amides is 2. The normalized spacial score (nSPS) is 24.0. The van der Waals surface area contributed by atoms with E-state index in [2.05, 4.69) is 20.4 Å². The van der Waals surface area contributed by atoms with Crippen LogP contribution in [-0.2, 0) is 4.79 Å². The summed E-state index contributed by atoms with van der Waals surface area (Å²) in [5.41, 5.74) is 6.48. The van der Waals surface area contributed by atoms with E-state index in [1.54, 1.807) is 6.07 Å². The topological polar surface area (TPSA) is 104 Å². The van der Waals surface area contributed by atoms with Crippen molar-refractivity contribution in [3.63, 3.8) is 0 Å². The van der Waals surface area contributed by atoms with Crippen LogP contribution in [0.15, 0.2) is 6.07 Å². The fourth-order valence-electron chi connectivity index (χ4n) is 4.02. The van der Waals surface area contributed by atoms with Crippen LogP contribution in [-0.4, -0.2) is 52.1 Å². The summed E-state index contributed by atoms with van der Waals surface area (Å²) in [6, 6.07) is 1.95. The first-order chi connectivity index (χ1) is 12.0. The van der Waals surface area contributed by atoms with Crippen LogP contribution >= 0.6 is 0 Å². The number of nitrogens with one attached hydrogen (secondary N) is 2. The van der Waals surface area contributed by atoms with E-state index in [9.17, 15) is 9.59 Å². The van der Waals surface area contributed by atoms with Crippen molar-refractivity contribution in [2.45, 2.75) is 69.9 Å². The van der Waals surface area contributed by atoms with Gasteiger partial charge in [-0.2, -0.15) is 5.10 Å². The van der Waals surface area contributed by atoms with Crippen molar-refractivity contribution in [3.8, 4) is 0 Å². The zero-order valence-corrected chi connectivity index (χ0v) is 15.0. The van der Waals surface area contributed by atoms with Gasteiger partial charge in [0, 0.05) is 24.2 Å². The molecule has 2 heterocycles. The summed E-state index contributed by atoms with van der Waals surface area (Å²) >= 11 is 0. The molecule has 4 N–H and O–H groups in total. The number of likely N-dealkylation sites (tertiary alicyclic amines) is 1. The largest absolute Gasteiger partial charge is 0.364 e. The van der Waals surface area contributed by atoms with Gasteiger partial charge < -0.3 is 11.1 Å². The number of nitrogens with zero attached hydrogens (tertiary/aromatic N) is 2. The van der Waals surface area contributed by atoms with E-state index in [1.165, 1.54) is 19.3 Å². The first-order valence-corrected chi connectivity index (χ1v) is 9.44. The van der Waals surface area contributed by atoms with Gasteiger partial charge >= 0.3 is 0 Å². The Labute approximate surface area is 148 Å². The van der Waals surface area contributed by atoms with Gasteiger partial charge in [-0.25, -0.2) is 0 Å². The molecule has 2 atom stereocenters. The Morgan fingerprint density at radius 2 is 2.04 bits per heavy atom. The van der Waals surface area contributed by atoms with Crippen LogP contribution in [0.3, 0.4) is 0 Å². The van der Waals surface area contributed by atoms with Crippen molar-refractivity contribution < 1.29 is 9.59 Å². The molecule has 1 aromatic heterocycles. The average molecular weight is 347 g/mol. The van der Waals surface area contributed by atoms with Crippen LogP contribution in [0.2, 0.25) is 0 Å². The molecule has 0 aromatic carbocycles. The van der Waals surface area contributed by atoms with E-state index in [-0.39, 0.29) is 23.6 Å². The minimum absolute atomic E-state index is 0.134. The Balaban J connectivity index is 1.57. The van der Waals surface area contributed by atoms with Crippen LogP contribution in [0.5, 0.6) is 0 Å². The van der Waals surface area contributed by atoms with Gasteiger partial charge in [0.2, 0.25) is 5.91 Å². The predicted octanol–water partition coefficient (Wildman–Crippen LogP) is 1.53. The lowest BCUT2D eigenvalue weighted by molar-refractivity contribution is -0.127. The second-order valence-corrected chi connectivity index (χ2v) is 7.43. The standard InChI is InChI=1S/C18H29N5O2/c1-12(18(25)20-14-7-3-2-4-8-14)23-9-5-6-13(11-23)15-10-16(17(19)24)22-21-15/h10,12-14H,2-9,11H2,1H3,(H2,19,24)(H,20,25)(H,21,22)/t12-,13+/m0/s1. The maximum Gasteiger partial charge on any atom is 0.269 e. The summed E-state index contributed by atoms with van der Waals surface area (Å²) in [6.45, 7) is 3.70. The SMILES string of the molecule is C[C@@H](C(=O)NC1CCCCC1)N1CCC[C@@H](c2cc(C(N)=O)n[nH]2)C1. The molecule has 2 amide bonds. The summed E-state index contributed by atoms with van der Waals surface area (Å²) in [5.74, 6) is -0.135. The number of carbonyl (C=O) groups excluding carboxylic acids is 2. The molecule has 0 radical (unpaired) electrons. The van der Waals surface area contributed by atoms with Crippen molar-refractivity contribution in [2.24, 2.45) is 5.73 Å². The summed E-state index contributed by atoms with van der Waals surface area (Å²) in [5, 5.41) is 10.1. The minimum Gasteiger partial charge on any atom is -0.364 e. The molecular weight excluding hydrogens is 318 g/mol. The number of rotatable bonds is 5. The van der Waals surface area contributed by atoms with E-state index >= 15 is 0 Å². The minimum atomic E-state index is -0.518. The zero-order chi connectivity index (χ0) is 17.8. The van der Waals surface area contributed by atoms with E-state index < -0.39 is 5.91 Å². The van der Waals surface area contributed by atoms with Gasteiger partial charge in [-0.1, -0.05) is 19.3 Å². The molecule has 1 aromatic rings. The molecule has 7 heteroatoms. The number of nitrogens with two attached hydrogens (primary N) is 1. The van der Waals surface area contributed by atoms with Crippen LogP contribution in [0, 0.1) is 0 Å². The van der Waals surface area contributed by atoms with Gasteiger partial charge in [-0.05, 0) is 45.2 Å². The third-order valence-corrected chi connectivity index (χ3v) is 5.62. The lowest BCUT2D eigenvalue weighted by Crippen LogP contribution is -2.51. The Bertz CT molecular complexity index is 608. The third kappa shape index (κ3) is 4.39. The molecule has 7 nitrogen and oxygen atoms in total. The highest BCUT2D eigenvalue weighted by Gasteiger charge is 2.30. The number of hydrogen-bond donors (Lipinski definition) is 3. The Morgan fingerprint density at radius 1 is 1.28 bits per heavy atom. The molecule has 0 unspecified atom stereocenters. The van der Waals surface area contributed by atoms with Crippen LogP contribution < -0.4 is 11.1 Å². The average Bonchev–Trinajstić information content (AvgIpc) is 3.12. The highest BCUT2D eigenvalue weighted by atomic mass is 16.2. The van der Waals surface area contributed by atoms with Gasteiger partial charge in [-0.3, -0.25) is 19.6 Å². The van der Waals surface area contributed by atoms with Crippen molar-refractivity contribution in [3.05, 3.63) is 17.5 Å². The fourth-order valence-corrected chi connectivity index (χ4v) is 4.02. The molecule has 1 aliphatic heterocycles. The van der Waals surface area contributed by atoms with Crippen molar-refractivity contribution >= 4 is 11.8 Å². The second kappa shape index (κ2) is 7.99. The van der Waals surface area contributed by atoms with E-state index in [1.807, 2.05) is 6.92 Å². The molecule has 2 aliphatic rings. The molecule has 138 valence electrons. The molecule has 3 rings (SSSR count). The Hall–Kier alpha value is -1.89. The van der Waals surface area contributed by atoms with Gasteiger partial charge in [0.15, 0.2) is 0 Å². The number of hydrogen-bond acceptors (Lipinski definition) is 4. The van der Waals surface area contributed by atoms with Crippen LogP contribution in [0.4, 0.5) is 0 Å². The lowest BCUT2D eigenvalue weighted by atomic mass is 9.93. The van der Waals surface area contributed by atoms with Crippen molar-refractivity contribution in [1.29, 1.82) is 0 Å². The highest BCUT2D eigenvalue weighted by molar-refractivity contribution is 5.90. The first-order valence-electron chi connectivity index (χ1n) is 9.44. The molecule has 1 aliphatic carbocycles. The highest BCUT2D eigenvalue weighted by Crippen LogP contribution is 2.27. The van der Waals surface area contributed by atoms with Crippen LogP contribution in [0.1, 0.15) is 74.0 Å². The molecule has 0 spiro atoms. The summed E-state index contributed by atoms with van der Waals surface area (Å²) in [4.78, 5) is 26.1. The van der Waals surface area contributed by atoms with Crippen molar-refractivity contribution in [1.82, 2.24) is 20.4 Å².